The minimum atomic E-state index is -0.499. The summed E-state index contributed by atoms with van der Waals surface area (Å²) in [6.45, 7) is 0. The van der Waals surface area contributed by atoms with Crippen LogP contribution in [0.25, 0.3) is 67.4 Å². The number of pyridine rings is 4. The summed E-state index contributed by atoms with van der Waals surface area (Å²) in [5.74, 6) is -0.499. The van der Waals surface area contributed by atoms with Crippen molar-refractivity contribution < 1.29 is 4.79 Å². The first-order valence-corrected chi connectivity index (χ1v) is 17.8. The lowest BCUT2D eigenvalue weighted by atomic mass is 10.1. The molecule has 272 valence electrons. The van der Waals surface area contributed by atoms with Gasteiger partial charge in [-0.3, -0.25) is 23.6 Å². The second-order valence-electron chi connectivity index (χ2n) is 13.0. The fraction of sp³-hybridized carbons (Fsp3) is 0. The van der Waals surface area contributed by atoms with Gasteiger partial charge in [-0.15, -0.1) is 0 Å². The van der Waals surface area contributed by atoms with Gasteiger partial charge in [0.2, 0.25) is 5.91 Å². The fourth-order valence-corrected chi connectivity index (χ4v) is 6.60. The first-order chi connectivity index (χ1) is 28.0. The Morgan fingerprint density at radius 3 is 1.60 bits per heavy atom. The molecule has 0 atom stereocenters. The van der Waals surface area contributed by atoms with Gasteiger partial charge in [-0.1, -0.05) is 24.3 Å². The van der Waals surface area contributed by atoms with Gasteiger partial charge in [0.05, 0.1) is 46.3 Å². The Bertz CT molecular complexity index is 3080. The molecular weight excluding hydrogens is 713 g/mol. The Labute approximate surface area is 325 Å². The van der Waals surface area contributed by atoms with Crippen molar-refractivity contribution in [2.75, 3.05) is 0 Å². The first kappa shape index (κ1) is 34.3. The molecule has 0 unspecified atom stereocenters. The van der Waals surface area contributed by atoms with Gasteiger partial charge < -0.3 is 5.73 Å². The zero-order valence-corrected chi connectivity index (χ0v) is 30.1. The van der Waals surface area contributed by atoms with E-state index in [1.807, 2.05) is 128 Å². The van der Waals surface area contributed by atoms with Gasteiger partial charge in [-0.2, -0.15) is 15.5 Å². The topological polar surface area (TPSA) is 163 Å². The summed E-state index contributed by atoms with van der Waals surface area (Å²) in [5, 5.41) is 17.7. The maximum absolute atomic E-state index is 11.4. The van der Waals surface area contributed by atoms with Crippen LogP contribution in [0.3, 0.4) is 0 Å². The van der Waals surface area contributed by atoms with Crippen molar-refractivity contribution in [3.8, 4) is 62.2 Å². The standard InChI is InChI=1S/C22H16N6O.C22H14N6/c23-22(29)18-9-17(12-24-13-18)15-5-8-27-20(14-25-21(27)11-15)16-3-1-4-19(10-16)28-7-2-6-26-28;23-12-16-9-19(14-24-13-16)17-5-8-27-21(15-25-22(27)11-17)18-3-1-4-20(10-18)28-7-2-6-26-28/h1-14H,(H2,23,29);1-11,13-15H. The van der Waals surface area contributed by atoms with E-state index in [1.54, 1.807) is 37.1 Å². The lowest BCUT2D eigenvalue weighted by Crippen LogP contribution is -2.11. The van der Waals surface area contributed by atoms with Crippen molar-refractivity contribution >= 4 is 17.2 Å². The Hall–Kier alpha value is -8.50. The molecule has 0 fully saturated rings. The van der Waals surface area contributed by atoms with Gasteiger partial charge in [-0.25, -0.2) is 19.3 Å². The molecule has 2 aromatic carbocycles. The molecule has 0 spiro atoms. The lowest BCUT2D eigenvalue weighted by Gasteiger charge is -2.07. The summed E-state index contributed by atoms with van der Waals surface area (Å²) in [5.41, 5.74) is 17.5. The average molecular weight is 743 g/mol. The summed E-state index contributed by atoms with van der Waals surface area (Å²) < 4.78 is 7.73. The third-order valence-corrected chi connectivity index (χ3v) is 9.40. The average Bonchev–Trinajstić information content (AvgIpc) is 4.12. The molecule has 0 aliphatic carbocycles. The van der Waals surface area contributed by atoms with Crippen molar-refractivity contribution in [3.05, 3.63) is 183 Å². The number of imidazole rings is 2. The number of fused-ring (bicyclic) bond motifs is 2. The third-order valence-electron chi connectivity index (χ3n) is 9.40. The van der Waals surface area contributed by atoms with Crippen LogP contribution < -0.4 is 5.73 Å². The molecule has 2 N–H and O–H groups in total. The Balaban J connectivity index is 0.000000148. The molecule has 0 radical (unpaired) electrons. The van der Waals surface area contributed by atoms with E-state index in [0.717, 1.165) is 67.4 Å². The summed E-state index contributed by atoms with van der Waals surface area (Å²) >= 11 is 0. The molecule has 0 saturated heterocycles. The number of hydrogen-bond donors (Lipinski definition) is 1. The minimum absolute atomic E-state index is 0.377. The van der Waals surface area contributed by atoms with Crippen molar-refractivity contribution in [1.82, 2.24) is 48.3 Å². The monoisotopic (exact) mass is 742 g/mol. The second kappa shape index (κ2) is 14.7. The molecule has 10 aromatic rings. The fourth-order valence-electron chi connectivity index (χ4n) is 6.60. The summed E-state index contributed by atoms with van der Waals surface area (Å²) in [6.07, 6.45) is 21.5. The number of aromatic nitrogens is 10. The van der Waals surface area contributed by atoms with Crippen LogP contribution in [0.5, 0.6) is 0 Å². The molecule has 0 bridgehead atoms. The van der Waals surface area contributed by atoms with E-state index in [9.17, 15) is 4.79 Å². The molecule has 8 heterocycles. The summed E-state index contributed by atoms with van der Waals surface area (Å²) in [4.78, 5) is 28.8. The van der Waals surface area contributed by atoms with E-state index < -0.39 is 5.91 Å². The van der Waals surface area contributed by atoms with Gasteiger partial charge in [0.1, 0.15) is 17.4 Å². The summed E-state index contributed by atoms with van der Waals surface area (Å²) in [6, 6.07) is 33.7. The number of primary amides is 1. The van der Waals surface area contributed by atoms with E-state index in [2.05, 4.69) is 54.4 Å². The van der Waals surface area contributed by atoms with Crippen LogP contribution in [-0.4, -0.2) is 54.2 Å². The number of rotatable bonds is 7. The number of nitrogens with zero attached hydrogens (tertiary/aromatic N) is 11. The van der Waals surface area contributed by atoms with Gasteiger partial charge in [0.25, 0.3) is 0 Å². The van der Waals surface area contributed by atoms with Crippen LogP contribution in [0.1, 0.15) is 15.9 Å². The van der Waals surface area contributed by atoms with Gasteiger partial charge in [-0.05, 0) is 83.9 Å². The van der Waals surface area contributed by atoms with Crippen LogP contribution in [-0.2, 0) is 0 Å². The highest BCUT2D eigenvalue weighted by molar-refractivity contribution is 5.93. The van der Waals surface area contributed by atoms with Crippen LogP contribution in [0.15, 0.2) is 171 Å². The quantitative estimate of drug-likeness (QED) is 0.176. The maximum atomic E-state index is 11.4. The van der Waals surface area contributed by atoms with Gasteiger partial charge in [0, 0.05) is 84.2 Å². The number of nitrogens with two attached hydrogens (primary N) is 1. The molecule has 0 aliphatic rings. The summed E-state index contributed by atoms with van der Waals surface area (Å²) in [7, 11) is 0. The number of benzene rings is 2. The number of nitriles is 1. The minimum Gasteiger partial charge on any atom is -0.366 e. The van der Waals surface area contributed by atoms with E-state index >= 15 is 0 Å². The third kappa shape index (κ3) is 6.89. The molecule has 8 aromatic heterocycles. The molecular formula is C44H30N12O. The largest absolute Gasteiger partial charge is 0.366 e. The van der Waals surface area contributed by atoms with E-state index in [0.29, 0.717) is 11.1 Å². The van der Waals surface area contributed by atoms with Crippen molar-refractivity contribution in [2.24, 2.45) is 5.73 Å². The van der Waals surface area contributed by atoms with Crippen molar-refractivity contribution in [3.63, 3.8) is 0 Å². The first-order valence-electron chi connectivity index (χ1n) is 17.8. The SMILES string of the molecule is N#Cc1cncc(-c2ccn3c(-c4cccc(-n5cccn5)c4)cnc3c2)c1.NC(=O)c1cncc(-c2ccn3c(-c4cccc(-n5cccn5)c4)cnc3c2)c1. The predicted octanol–water partition coefficient (Wildman–Crippen LogP) is 7.47. The molecule has 1 amide bonds. The molecule has 13 nitrogen and oxygen atoms in total. The van der Waals surface area contributed by atoms with Gasteiger partial charge >= 0.3 is 0 Å². The molecule has 0 aliphatic heterocycles. The number of carbonyl (C=O) groups is 1. The van der Waals surface area contributed by atoms with Crippen LogP contribution in [0, 0.1) is 11.3 Å². The van der Waals surface area contributed by atoms with Crippen molar-refractivity contribution in [2.45, 2.75) is 0 Å². The lowest BCUT2D eigenvalue weighted by molar-refractivity contribution is 0.1000. The second-order valence-corrected chi connectivity index (χ2v) is 13.0. The number of carbonyl (C=O) groups excluding carboxylic acids is 1. The zero-order valence-electron chi connectivity index (χ0n) is 30.1. The Morgan fingerprint density at radius 1 is 0.544 bits per heavy atom. The van der Waals surface area contributed by atoms with Gasteiger partial charge in [0.15, 0.2) is 0 Å². The number of amides is 1. The molecule has 10 rings (SSSR count). The predicted molar refractivity (Wildman–Crippen MR) is 215 cm³/mol. The molecule has 0 saturated carbocycles. The highest BCUT2D eigenvalue weighted by Crippen LogP contribution is 2.28. The van der Waals surface area contributed by atoms with Crippen LogP contribution in [0.2, 0.25) is 0 Å². The highest BCUT2D eigenvalue weighted by Gasteiger charge is 2.12. The van der Waals surface area contributed by atoms with Crippen LogP contribution >= 0.6 is 0 Å². The zero-order chi connectivity index (χ0) is 38.7. The van der Waals surface area contributed by atoms with E-state index in [-0.39, 0.29) is 0 Å². The highest BCUT2D eigenvalue weighted by atomic mass is 16.1. The van der Waals surface area contributed by atoms with E-state index in [1.165, 1.54) is 6.20 Å². The maximum Gasteiger partial charge on any atom is 0.250 e. The Kier molecular flexibility index (Phi) is 8.86. The molecule has 13 heteroatoms. The van der Waals surface area contributed by atoms with Crippen LogP contribution in [0.4, 0.5) is 0 Å². The van der Waals surface area contributed by atoms with Crippen molar-refractivity contribution in [1.29, 1.82) is 5.26 Å². The number of hydrogen-bond acceptors (Lipinski definition) is 8. The smallest absolute Gasteiger partial charge is 0.250 e. The molecule has 57 heavy (non-hydrogen) atoms. The Morgan fingerprint density at radius 2 is 1.09 bits per heavy atom. The van der Waals surface area contributed by atoms with E-state index in [4.69, 9.17) is 11.0 Å². The normalized spacial score (nSPS) is 10.9.